The molecule has 2 aromatic rings. The first kappa shape index (κ1) is 17.3. The summed E-state index contributed by atoms with van der Waals surface area (Å²) in [5, 5.41) is 3.41. The highest BCUT2D eigenvalue weighted by atomic mass is 35.5. The maximum absolute atomic E-state index is 5.14. The Morgan fingerprint density at radius 3 is 2.38 bits per heavy atom. The minimum absolute atomic E-state index is 0. The maximum atomic E-state index is 5.14. The van der Waals surface area contributed by atoms with Crippen LogP contribution in [0.15, 0.2) is 60.7 Å². The van der Waals surface area contributed by atoms with E-state index in [-0.39, 0.29) is 12.4 Å². The summed E-state index contributed by atoms with van der Waals surface area (Å²) in [7, 11) is 1.69. The van der Waals surface area contributed by atoms with Gasteiger partial charge in [-0.1, -0.05) is 54.6 Å². The van der Waals surface area contributed by atoms with Gasteiger partial charge in [-0.05, 0) is 36.2 Å². The zero-order valence-corrected chi connectivity index (χ0v) is 13.0. The number of halogens is 1. The third-order valence-corrected chi connectivity index (χ3v) is 3.12. The third-order valence-electron chi connectivity index (χ3n) is 3.12. The van der Waals surface area contributed by atoms with Crippen LogP contribution in [0.25, 0.3) is 6.08 Å². The first-order chi connectivity index (χ1) is 9.88. The molecule has 0 saturated heterocycles. The number of methoxy groups -OCH3 is 1. The lowest BCUT2D eigenvalue weighted by atomic mass is 10.1. The summed E-state index contributed by atoms with van der Waals surface area (Å²) >= 11 is 0. The third kappa shape index (κ3) is 6.48. The van der Waals surface area contributed by atoms with Crippen LogP contribution in [-0.2, 0) is 6.42 Å². The molecule has 0 amide bonds. The molecule has 112 valence electrons. The Morgan fingerprint density at radius 1 is 1.00 bits per heavy atom. The summed E-state index contributed by atoms with van der Waals surface area (Å²) < 4.78 is 5.14. The van der Waals surface area contributed by atoms with Crippen LogP contribution in [0.5, 0.6) is 5.75 Å². The van der Waals surface area contributed by atoms with Gasteiger partial charge < -0.3 is 22.5 Å². The van der Waals surface area contributed by atoms with Gasteiger partial charge in [0.2, 0.25) is 0 Å². The molecule has 2 aromatic carbocycles. The van der Waals surface area contributed by atoms with Gasteiger partial charge in [0.1, 0.15) is 5.75 Å². The first-order valence-electron chi connectivity index (χ1n) is 6.94. The molecule has 2 nitrogen and oxygen atoms in total. The van der Waals surface area contributed by atoms with Crippen molar-refractivity contribution < 1.29 is 17.1 Å². The largest absolute Gasteiger partial charge is 1.00 e. The molecule has 0 aromatic heterocycles. The van der Waals surface area contributed by atoms with Gasteiger partial charge in [-0.15, -0.1) is 0 Å². The van der Waals surface area contributed by atoms with E-state index in [0.717, 1.165) is 25.3 Å². The monoisotopic (exact) mass is 302 g/mol. The fraction of sp³-hybridized carbons (Fsp3) is 0.222. The average molecular weight is 303 g/mol. The van der Waals surface area contributed by atoms with E-state index in [4.69, 9.17) is 4.74 Å². The van der Waals surface area contributed by atoms with Crippen molar-refractivity contribution in [3.63, 3.8) is 0 Å². The van der Waals surface area contributed by atoms with E-state index in [1.54, 1.807) is 7.11 Å². The predicted molar refractivity (Wildman–Crippen MR) is 85.0 cm³/mol. The Kier molecular flexibility index (Phi) is 8.25. The molecule has 0 bridgehead atoms. The molecule has 0 fully saturated rings. The highest BCUT2D eigenvalue weighted by Gasteiger charge is 1.93. The van der Waals surface area contributed by atoms with E-state index in [0.29, 0.717) is 0 Å². The highest BCUT2D eigenvalue weighted by Crippen LogP contribution is 2.11. The molecular formula is C18H21ClNO-. The van der Waals surface area contributed by atoms with Crippen LogP contribution in [0.1, 0.15) is 11.1 Å². The van der Waals surface area contributed by atoms with Gasteiger partial charge in [0.05, 0.1) is 7.11 Å². The van der Waals surface area contributed by atoms with Gasteiger partial charge >= 0.3 is 0 Å². The standard InChI is InChI=1S/C18H21NO.ClH/c1-20-18-11-9-17(10-12-18)13-15-19-14-5-8-16-6-3-2-4-7-16;/h2-12,19H,13-15H2,1H3;1H/p-1/b8-5+;. The van der Waals surface area contributed by atoms with Crippen LogP contribution in [0.4, 0.5) is 0 Å². The molecule has 0 saturated carbocycles. The van der Waals surface area contributed by atoms with E-state index in [1.165, 1.54) is 11.1 Å². The Morgan fingerprint density at radius 2 is 1.71 bits per heavy atom. The molecule has 0 atom stereocenters. The van der Waals surface area contributed by atoms with Crippen molar-refractivity contribution >= 4 is 6.08 Å². The van der Waals surface area contributed by atoms with E-state index in [2.05, 4.69) is 53.9 Å². The van der Waals surface area contributed by atoms with Gasteiger partial charge in [0.25, 0.3) is 0 Å². The van der Waals surface area contributed by atoms with Crippen molar-refractivity contribution in [3.05, 3.63) is 71.8 Å². The Labute approximate surface area is 133 Å². The molecule has 0 spiro atoms. The minimum atomic E-state index is 0. The lowest BCUT2D eigenvalue weighted by Crippen LogP contribution is -3.00. The second-order valence-electron chi connectivity index (χ2n) is 4.62. The highest BCUT2D eigenvalue weighted by molar-refractivity contribution is 5.48. The molecule has 0 aliphatic rings. The molecule has 0 heterocycles. The molecule has 0 radical (unpaired) electrons. The van der Waals surface area contributed by atoms with Crippen molar-refractivity contribution in [2.75, 3.05) is 20.2 Å². The van der Waals surface area contributed by atoms with Crippen LogP contribution in [0, 0.1) is 0 Å². The Bertz CT molecular complexity index is 523. The quantitative estimate of drug-likeness (QED) is 0.754. The maximum Gasteiger partial charge on any atom is 0.118 e. The summed E-state index contributed by atoms with van der Waals surface area (Å²) in [5.41, 5.74) is 2.56. The minimum Gasteiger partial charge on any atom is -1.00 e. The lowest BCUT2D eigenvalue weighted by Gasteiger charge is -2.04. The van der Waals surface area contributed by atoms with E-state index in [1.807, 2.05) is 18.2 Å². The van der Waals surface area contributed by atoms with Gasteiger partial charge in [0.15, 0.2) is 0 Å². The Balaban J connectivity index is 0.00000220. The average Bonchev–Trinajstić information content (AvgIpc) is 2.52. The zero-order chi connectivity index (χ0) is 14.0. The molecule has 3 heteroatoms. The molecule has 2 rings (SSSR count). The van der Waals surface area contributed by atoms with Crippen LogP contribution in [-0.4, -0.2) is 20.2 Å². The van der Waals surface area contributed by atoms with E-state index < -0.39 is 0 Å². The topological polar surface area (TPSA) is 21.3 Å². The molecule has 0 unspecified atom stereocenters. The SMILES string of the molecule is COc1ccc(CCNC/C=C/c2ccccc2)cc1.[Cl-]. The van der Waals surface area contributed by atoms with Crippen molar-refractivity contribution in [1.82, 2.24) is 5.32 Å². The van der Waals surface area contributed by atoms with Gasteiger partial charge in [-0.2, -0.15) is 0 Å². The van der Waals surface area contributed by atoms with Gasteiger partial charge in [0, 0.05) is 6.54 Å². The number of rotatable bonds is 7. The lowest BCUT2D eigenvalue weighted by molar-refractivity contribution is -0.00000435. The predicted octanol–water partition coefficient (Wildman–Crippen LogP) is 0.545. The number of ether oxygens (including phenoxy) is 1. The number of hydrogen-bond acceptors (Lipinski definition) is 2. The normalized spacial score (nSPS) is 10.3. The molecular weight excluding hydrogens is 282 g/mol. The molecule has 0 aliphatic heterocycles. The fourth-order valence-electron chi connectivity index (χ4n) is 1.97. The van der Waals surface area contributed by atoms with Crippen LogP contribution < -0.4 is 22.5 Å². The molecule has 21 heavy (non-hydrogen) atoms. The second kappa shape index (κ2) is 10.0. The molecule has 1 N–H and O–H groups in total. The van der Waals surface area contributed by atoms with E-state index >= 15 is 0 Å². The molecule has 0 aliphatic carbocycles. The number of hydrogen-bond donors (Lipinski definition) is 1. The van der Waals surface area contributed by atoms with Crippen molar-refractivity contribution in [2.24, 2.45) is 0 Å². The van der Waals surface area contributed by atoms with Gasteiger partial charge in [-0.3, -0.25) is 0 Å². The second-order valence-corrected chi connectivity index (χ2v) is 4.62. The van der Waals surface area contributed by atoms with Crippen molar-refractivity contribution in [2.45, 2.75) is 6.42 Å². The van der Waals surface area contributed by atoms with E-state index in [9.17, 15) is 0 Å². The van der Waals surface area contributed by atoms with Crippen molar-refractivity contribution in [1.29, 1.82) is 0 Å². The number of nitrogens with one attached hydrogen (secondary N) is 1. The summed E-state index contributed by atoms with van der Waals surface area (Å²) in [4.78, 5) is 0. The van der Waals surface area contributed by atoms with Gasteiger partial charge in [-0.25, -0.2) is 0 Å². The van der Waals surface area contributed by atoms with Crippen LogP contribution >= 0.6 is 0 Å². The first-order valence-corrected chi connectivity index (χ1v) is 6.94. The summed E-state index contributed by atoms with van der Waals surface area (Å²) in [5.74, 6) is 0.910. The van der Waals surface area contributed by atoms with Crippen LogP contribution in [0.3, 0.4) is 0 Å². The summed E-state index contributed by atoms with van der Waals surface area (Å²) in [6.07, 6.45) is 5.33. The summed E-state index contributed by atoms with van der Waals surface area (Å²) in [6.45, 7) is 1.87. The zero-order valence-electron chi connectivity index (χ0n) is 12.3. The Hall–Kier alpha value is -1.77. The number of benzene rings is 2. The fourth-order valence-corrected chi connectivity index (χ4v) is 1.97. The van der Waals surface area contributed by atoms with Crippen LogP contribution in [0.2, 0.25) is 0 Å². The summed E-state index contributed by atoms with van der Waals surface area (Å²) in [6, 6.07) is 18.6. The van der Waals surface area contributed by atoms with Crippen molar-refractivity contribution in [3.8, 4) is 5.75 Å². The smallest absolute Gasteiger partial charge is 0.118 e.